The molecule has 1 atom stereocenters. The molecule has 0 saturated carbocycles. The van der Waals surface area contributed by atoms with E-state index in [1.807, 2.05) is 0 Å². The van der Waals surface area contributed by atoms with Crippen LogP contribution in [0.2, 0.25) is 5.02 Å². The summed E-state index contributed by atoms with van der Waals surface area (Å²) in [4.78, 5) is 10.9. The summed E-state index contributed by atoms with van der Waals surface area (Å²) in [6.45, 7) is 0.359. The summed E-state index contributed by atoms with van der Waals surface area (Å²) in [5.41, 5.74) is -0.216. The molecule has 2 rings (SSSR count). The zero-order chi connectivity index (χ0) is 15.5. The number of carboxylic acids is 1. The highest BCUT2D eigenvalue weighted by molar-refractivity contribution is 8.00. The van der Waals surface area contributed by atoms with Gasteiger partial charge in [0.1, 0.15) is 0 Å². The number of carbonyl (C=O) groups is 1. The van der Waals surface area contributed by atoms with E-state index in [-0.39, 0.29) is 20.7 Å². The molecular weight excluding hydrogens is 334 g/mol. The molecule has 1 unspecified atom stereocenters. The lowest BCUT2D eigenvalue weighted by atomic mass is 10.2. The van der Waals surface area contributed by atoms with Crippen LogP contribution in [0, 0.1) is 0 Å². The number of rotatable bonds is 5. The zero-order valence-electron chi connectivity index (χ0n) is 11.2. The summed E-state index contributed by atoms with van der Waals surface area (Å²) >= 11 is 7.51. The van der Waals surface area contributed by atoms with Crippen LogP contribution >= 0.6 is 23.4 Å². The smallest absolute Gasteiger partial charge is 0.337 e. The molecule has 0 radical (unpaired) electrons. The molecule has 1 aliphatic heterocycles. The van der Waals surface area contributed by atoms with Gasteiger partial charge in [-0.05, 0) is 36.8 Å². The Labute approximate surface area is 133 Å². The van der Waals surface area contributed by atoms with Crippen molar-refractivity contribution in [2.45, 2.75) is 29.4 Å². The number of benzene rings is 1. The topological polar surface area (TPSA) is 83.5 Å². The van der Waals surface area contributed by atoms with Gasteiger partial charge in [-0.15, -0.1) is 0 Å². The Morgan fingerprint density at radius 3 is 2.81 bits per heavy atom. The van der Waals surface area contributed by atoms with Crippen LogP contribution in [0.5, 0.6) is 0 Å². The predicted molar refractivity (Wildman–Crippen MR) is 83.7 cm³/mol. The average molecular weight is 350 g/mol. The maximum atomic E-state index is 12.2. The normalized spacial score (nSPS) is 19.4. The number of aromatic carboxylic acids is 1. The lowest BCUT2D eigenvalue weighted by molar-refractivity contribution is 0.0697. The van der Waals surface area contributed by atoms with Crippen LogP contribution in [0.25, 0.3) is 0 Å². The SMILES string of the molecule is O=C(O)c1cc(S(=O)(=O)NCC2CCCCS2)ccc1Cl. The summed E-state index contributed by atoms with van der Waals surface area (Å²) in [6.07, 6.45) is 3.28. The number of halogens is 1. The first-order chi connectivity index (χ1) is 9.90. The number of hydrogen-bond donors (Lipinski definition) is 2. The van der Waals surface area contributed by atoms with Crippen LogP contribution in [0.1, 0.15) is 29.6 Å². The summed E-state index contributed by atoms with van der Waals surface area (Å²) in [7, 11) is -3.72. The molecule has 1 saturated heterocycles. The van der Waals surface area contributed by atoms with E-state index in [1.165, 1.54) is 18.6 Å². The van der Waals surface area contributed by atoms with Crippen LogP contribution in [0.15, 0.2) is 23.1 Å². The molecule has 2 N–H and O–H groups in total. The van der Waals surface area contributed by atoms with Crippen molar-refractivity contribution in [1.82, 2.24) is 4.72 Å². The molecule has 0 aromatic heterocycles. The van der Waals surface area contributed by atoms with Crippen LogP contribution in [-0.2, 0) is 10.0 Å². The van der Waals surface area contributed by atoms with Gasteiger partial charge < -0.3 is 5.11 Å². The Kier molecular flexibility index (Phi) is 5.54. The molecule has 1 heterocycles. The van der Waals surface area contributed by atoms with E-state index in [0.717, 1.165) is 24.7 Å². The van der Waals surface area contributed by atoms with E-state index in [2.05, 4.69) is 4.72 Å². The van der Waals surface area contributed by atoms with Crippen molar-refractivity contribution in [2.24, 2.45) is 0 Å². The number of sulfonamides is 1. The van der Waals surface area contributed by atoms with Gasteiger partial charge in [0, 0.05) is 11.8 Å². The molecule has 116 valence electrons. The fraction of sp³-hybridized carbons (Fsp3) is 0.462. The van der Waals surface area contributed by atoms with Gasteiger partial charge in [0.15, 0.2) is 0 Å². The average Bonchev–Trinajstić information content (AvgIpc) is 2.46. The van der Waals surface area contributed by atoms with Gasteiger partial charge in [0.05, 0.1) is 15.5 Å². The molecule has 1 aromatic carbocycles. The van der Waals surface area contributed by atoms with Gasteiger partial charge in [-0.1, -0.05) is 18.0 Å². The van der Waals surface area contributed by atoms with Crippen molar-refractivity contribution in [3.8, 4) is 0 Å². The molecule has 0 amide bonds. The van der Waals surface area contributed by atoms with Gasteiger partial charge in [-0.3, -0.25) is 0 Å². The number of carboxylic acid groups (broad SMARTS) is 1. The highest BCUT2D eigenvalue weighted by Gasteiger charge is 2.21. The van der Waals surface area contributed by atoms with Crippen molar-refractivity contribution in [2.75, 3.05) is 12.3 Å². The quantitative estimate of drug-likeness (QED) is 0.853. The first-order valence-electron chi connectivity index (χ1n) is 6.54. The first kappa shape index (κ1) is 16.6. The molecule has 1 aliphatic rings. The highest BCUT2D eigenvalue weighted by Crippen LogP contribution is 2.25. The van der Waals surface area contributed by atoms with Gasteiger partial charge in [0.2, 0.25) is 10.0 Å². The Morgan fingerprint density at radius 2 is 2.19 bits per heavy atom. The first-order valence-corrected chi connectivity index (χ1v) is 9.45. The molecule has 21 heavy (non-hydrogen) atoms. The lowest BCUT2D eigenvalue weighted by Gasteiger charge is -2.21. The molecule has 1 fully saturated rings. The second kappa shape index (κ2) is 7.00. The van der Waals surface area contributed by atoms with E-state index < -0.39 is 16.0 Å². The van der Waals surface area contributed by atoms with Crippen LogP contribution in [0.4, 0.5) is 0 Å². The fourth-order valence-corrected chi connectivity index (χ4v) is 4.74. The van der Waals surface area contributed by atoms with Crippen LogP contribution < -0.4 is 4.72 Å². The summed E-state index contributed by atoms with van der Waals surface area (Å²) in [5.74, 6) is -0.198. The van der Waals surface area contributed by atoms with Crippen molar-refractivity contribution in [3.05, 3.63) is 28.8 Å². The minimum atomic E-state index is -3.72. The van der Waals surface area contributed by atoms with E-state index in [4.69, 9.17) is 16.7 Å². The van der Waals surface area contributed by atoms with E-state index in [1.54, 1.807) is 11.8 Å². The summed E-state index contributed by atoms with van der Waals surface area (Å²) in [6, 6.07) is 3.68. The lowest BCUT2D eigenvalue weighted by Crippen LogP contribution is -2.32. The van der Waals surface area contributed by atoms with Gasteiger partial charge in [-0.25, -0.2) is 17.9 Å². The Bertz CT molecular complexity index is 627. The summed E-state index contributed by atoms with van der Waals surface area (Å²) in [5, 5.41) is 9.28. The van der Waals surface area contributed by atoms with Gasteiger partial charge >= 0.3 is 5.97 Å². The van der Waals surface area contributed by atoms with Crippen LogP contribution in [0.3, 0.4) is 0 Å². The molecule has 0 aliphatic carbocycles. The second-order valence-corrected chi connectivity index (χ2v) is 8.37. The van der Waals surface area contributed by atoms with Gasteiger partial charge in [0.25, 0.3) is 0 Å². The Balaban J connectivity index is 2.11. The Morgan fingerprint density at radius 1 is 1.43 bits per heavy atom. The van der Waals surface area contributed by atoms with E-state index in [0.29, 0.717) is 6.54 Å². The number of nitrogens with one attached hydrogen (secondary N) is 1. The fourth-order valence-electron chi connectivity index (χ4n) is 2.09. The van der Waals surface area contributed by atoms with Crippen molar-refractivity contribution in [1.29, 1.82) is 0 Å². The molecule has 0 spiro atoms. The van der Waals surface area contributed by atoms with E-state index in [9.17, 15) is 13.2 Å². The largest absolute Gasteiger partial charge is 0.478 e. The molecule has 8 heteroatoms. The van der Waals surface area contributed by atoms with Crippen molar-refractivity contribution < 1.29 is 18.3 Å². The Hall–Kier alpha value is -0.760. The maximum Gasteiger partial charge on any atom is 0.337 e. The molecule has 1 aromatic rings. The minimum absolute atomic E-state index is 0.0179. The van der Waals surface area contributed by atoms with Crippen molar-refractivity contribution in [3.63, 3.8) is 0 Å². The standard InChI is InChI=1S/C13H16ClNO4S2/c14-12-5-4-10(7-11(12)13(16)17)21(18,19)15-8-9-3-1-2-6-20-9/h4-5,7,9,15H,1-3,6,8H2,(H,16,17). The predicted octanol–water partition coefficient (Wildman–Crippen LogP) is 2.60. The molecule has 0 bridgehead atoms. The second-order valence-electron chi connectivity index (χ2n) is 4.79. The summed E-state index contributed by atoms with van der Waals surface area (Å²) < 4.78 is 27.0. The third kappa shape index (κ3) is 4.35. The number of thioether (sulfide) groups is 1. The molecule has 5 nitrogen and oxygen atoms in total. The minimum Gasteiger partial charge on any atom is -0.478 e. The van der Waals surface area contributed by atoms with Gasteiger partial charge in [-0.2, -0.15) is 11.8 Å². The highest BCUT2D eigenvalue weighted by atomic mass is 35.5. The maximum absolute atomic E-state index is 12.2. The third-order valence-corrected chi connectivity index (χ3v) is 6.40. The van der Waals surface area contributed by atoms with E-state index >= 15 is 0 Å². The monoisotopic (exact) mass is 349 g/mol. The number of hydrogen-bond acceptors (Lipinski definition) is 4. The zero-order valence-corrected chi connectivity index (χ0v) is 13.6. The third-order valence-electron chi connectivity index (χ3n) is 3.25. The van der Waals surface area contributed by atoms with Crippen molar-refractivity contribution >= 4 is 39.4 Å². The van der Waals surface area contributed by atoms with Crippen LogP contribution in [-0.4, -0.2) is 37.0 Å². The molecular formula is C13H16ClNO4S2.